The third-order valence-corrected chi connectivity index (χ3v) is 2.41. The third-order valence-electron chi connectivity index (χ3n) is 2.41. The third kappa shape index (κ3) is 3.31. The van der Waals surface area contributed by atoms with Gasteiger partial charge in [0.1, 0.15) is 0 Å². The van der Waals surface area contributed by atoms with Gasteiger partial charge in [-0.05, 0) is 24.1 Å². The van der Waals surface area contributed by atoms with E-state index in [4.69, 9.17) is 10.2 Å². The minimum absolute atomic E-state index is 0.133. The maximum absolute atomic E-state index is 11.2. The number of hydrogen-bond donors (Lipinski definition) is 2. The fourth-order valence-corrected chi connectivity index (χ4v) is 1.41. The molecular weight excluding hydrogens is 240 g/mol. The lowest BCUT2D eigenvalue weighted by atomic mass is 9.99. The molecule has 0 aromatic heterocycles. The van der Waals surface area contributed by atoms with Crippen molar-refractivity contribution in [3.05, 3.63) is 35.4 Å². The largest absolute Gasteiger partial charge is 0.481 e. The molecule has 0 spiro atoms. The van der Waals surface area contributed by atoms with E-state index in [1.54, 1.807) is 0 Å². The minimum Gasteiger partial charge on any atom is -0.481 e. The van der Waals surface area contributed by atoms with Gasteiger partial charge in [-0.25, -0.2) is 4.79 Å². The average molecular weight is 252 g/mol. The molecule has 2 N–H and O–H groups in total. The van der Waals surface area contributed by atoms with E-state index in [-0.39, 0.29) is 6.42 Å². The van der Waals surface area contributed by atoms with Gasteiger partial charge >= 0.3 is 17.9 Å². The number of methoxy groups -OCH3 is 1. The Labute approximate surface area is 103 Å². The van der Waals surface area contributed by atoms with Gasteiger partial charge in [0.2, 0.25) is 0 Å². The van der Waals surface area contributed by atoms with E-state index in [1.807, 2.05) is 0 Å². The van der Waals surface area contributed by atoms with Gasteiger partial charge in [-0.15, -0.1) is 0 Å². The summed E-state index contributed by atoms with van der Waals surface area (Å²) in [5.41, 5.74) is 0.848. The molecule has 0 aliphatic rings. The molecule has 0 unspecified atom stereocenters. The monoisotopic (exact) mass is 252 g/mol. The van der Waals surface area contributed by atoms with Crippen LogP contribution >= 0.6 is 0 Å². The average Bonchev–Trinajstić information content (AvgIpc) is 2.35. The zero-order valence-corrected chi connectivity index (χ0v) is 9.62. The zero-order valence-electron chi connectivity index (χ0n) is 9.62. The van der Waals surface area contributed by atoms with Crippen LogP contribution in [-0.4, -0.2) is 35.2 Å². The number of carboxylic acids is 2. The van der Waals surface area contributed by atoms with Gasteiger partial charge in [-0.3, -0.25) is 9.59 Å². The molecule has 0 radical (unpaired) electrons. The summed E-state index contributed by atoms with van der Waals surface area (Å²) in [4.78, 5) is 32.6. The van der Waals surface area contributed by atoms with E-state index in [9.17, 15) is 14.4 Å². The van der Waals surface area contributed by atoms with E-state index < -0.39 is 23.8 Å². The van der Waals surface area contributed by atoms with Gasteiger partial charge in [0.25, 0.3) is 0 Å². The van der Waals surface area contributed by atoms with Crippen LogP contribution in [0.25, 0.3) is 0 Å². The first-order chi connectivity index (χ1) is 8.45. The maximum atomic E-state index is 11.2. The van der Waals surface area contributed by atoms with Crippen molar-refractivity contribution >= 4 is 17.9 Å². The number of hydrogen-bond acceptors (Lipinski definition) is 4. The molecule has 96 valence electrons. The highest BCUT2D eigenvalue weighted by atomic mass is 16.5. The molecule has 0 atom stereocenters. The topological polar surface area (TPSA) is 101 Å². The lowest BCUT2D eigenvalue weighted by Gasteiger charge is -2.07. The second kappa shape index (κ2) is 5.81. The SMILES string of the molecule is COC(=O)c1ccc(CC(C(=O)O)C(=O)O)cc1. The first-order valence-corrected chi connectivity index (χ1v) is 5.08. The van der Waals surface area contributed by atoms with Crippen LogP contribution in [0.2, 0.25) is 0 Å². The molecule has 18 heavy (non-hydrogen) atoms. The van der Waals surface area contributed by atoms with Crippen LogP contribution in [-0.2, 0) is 20.7 Å². The Kier molecular flexibility index (Phi) is 4.42. The number of carboxylic acid groups (broad SMARTS) is 2. The predicted molar refractivity (Wildman–Crippen MR) is 60.2 cm³/mol. The molecule has 0 fully saturated rings. The normalized spacial score (nSPS) is 10.1. The van der Waals surface area contributed by atoms with E-state index in [0.717, 1.165) is 0 Å². The molecule has 0 saturated heterocycles. The summed E-state index contributed by atoms with van der Waals surface area (Å²) < 4.78 is 4.51. The highest BCUT2D eigenvalue weighted by Crippen LogP contribution is 2.12. The summed E-state index contributed by atoms with van der Waals surface area (Å²) in [5, 5.41) is 17.5. The van der Waals surface area contributed by atoms with Crippen molar-refractivity contribution in [2.24, 2.45) is 5.92 Å². The molecule has 0 aliphatic heterocycles. The number of esters is 1. The van der Waals surface area contributed by atoms with E-state index in [1.165, 1.54) is 31.4 Å². The molecule has 0 aliphatic carbocycles. The summed E-state index contributed by atoms with van der Waals surface area (Å²) in [6.07, 6.45) is -0.133. The molecule has 0 amide bonds. The second-order valence-corrected chi connectivity index (χ2v) is 3.62. The van der Waals surface area contributed by atoms with Crippen LogP contribution < -0.4 is 0 Å². The highest BCUT2D eigenvalue weighted by molar-refractivity contribution is 5.93. The van der Waals surface area contributed by atoms with Crippen molar-refractivity contribution in [2.75, 3.05) is 7.11 Å². The van der Waals surface area contributed by atoms with E-state index in [0.29, 0.717) is 11.1 Å². The first-order valence-electron chi connectivity index (χ1n) is 5.08. The molecule has 1 aromatic rings. The van der Waals surface area contributed by atoms with Crippen molar-refractivity contribution in [2.45, 2.75) is 6.42 Å². The van der Waals surface area contributed by atoms with E-state index >= 15 is 0 Å². The van der Waals surface area contributed by atoms with Gasteiger partial charge in [0.05, 0.1) is 12.7 Å². The van der Waals surface area contributed by atoms with Gasteiger partial charge in [0.15, 0.2) is 5.92 Å². The molecule has 0 bridgehead atoms. The number of ether oxygens (including phenoxy) is 1. The standard InChI is InChI=1S/C12H12O6/c1-18-12(17)8-4-2-7(3-5-8)6-9(10(13)14)11(15)16/h2-5,9H,6H2,1H3,(H,13,14)(H,15,16). The summed E-state index contributed by atoms with van der Waals surface area (Å²) in [5.74, 6) is -4.78. The van der Waals surface area contributed by atoms with Crippen LogP contribution in [0.4, 0.5) is 0 Å². The summed E-state index contributed by atoms with van der Waals surface area (Å²) in [6.45, 7) is 0. The lowest BCUT2D eigenvalue weighted by Crippen LogP contribution is -2.25. The molecule has 0 heterocycles. The summed E-state index contributed by atoms with van der Waals surface area (Å²) in [6, 6.07) is 5.93. The van der Waals surface area contributed by atoms with Crippen LogP contribution in [0.5, 0.6) is 0 Å². The van der Waals surface area contributed by atoms with E-state index in [2.05, 4.69) is 4.74 Å². The summed E-state index contributed by atoms with van der Waals surface area (Å²) >= 11 is 0. The zero-order chi connectivity index (χ0) is 13.7. The number of carbonyl (C=O) groups is 3. The highest BCUT2D eigenvalue weighted by Gasteiger charge is 2.25. The van der Waals surface area contributed by atoms with Crippen LogP contribution in [0, 0.1) is 5.92 Å². The first kappa shape index (κ1) is 13.7. The fourth-order valence-electron chi connectivity index (χ4n) is 1.41. The number of benzene rings is 1. The fraction of sp³-hybridized carbons (Fsp3) is 0.250. The Balaban J connectivity index is 2.83. The second-order valence-electron chi connectivity index (χ2n) is 3.62. The Morgan fingerprint density at radius 1 is 1.11 bits per heavy atom. The van der Waals surface area contributed by atoms with Crippen molar-refractivity contribution < 1.29 is 29.3 Å². The van der Waals surface area contributed by atoms with Gasteiger partial charge in [-0.1, -0.05) is 12.1 Å². The smallest absolute Gasteiger partial charge is 0.337 e. The quantitative estimate of drug-likeness (QED) is 0.593. The number of carbonyl (C=O) groups excluding carboxylic acids is 1. The maximum Gasteiger partial charge on any atom is 0.337 e. The van der Waals surface area contributed by atoms with Crippen LogP contribution in [0.3, 0.4) is 0 Å². The van der Waals surface area contributed by atoms with Crippen molar-refractivity contribution in [3.63, 3.8) is 0 Å². The molecular formula is C12H12O6. The van der Waals surface area contributed by atoms with Gasteiger partial charge in [-0.2, -0.15) is 0 Å². The molecule has 1 aromatic carbocycles. The predicted octanol–water partition coefficient (Wildman–Crippen LogP) is 0.801. The van der Waals surface area contributed by atoms with Crippen molar-refractivity contribution in [1.82, 2.24) is 0 Å². The van der Waals surface area contributed by atoms with Crippen LogP contribution in [0.1, 0.15) is 15.9 Å². The Morgan fingerprint density at radius 3 is 2.00 bits per heavy atom. The van der Waals surface area contributed by atoms with Gasteiger partial charge < -0.3 is 14.9 Å². The van der Waals surface area contributed by atoms with Crippen molar-refractivity contribution in [3.8, 4) is 0 Å². The lowest BCUT2D eigenvalue weighted by molar-refractivity contribution is -0.154. The van der Waals surface area contributed by atoms with Gasteiger partial charge in [0, 0.05) is 0 Å². The Morgan fingerprint density at radius 2 is 1.61 bits per heavy atom. The van der Waals surface area contributed by atoms with Crippen LogP contribution in [0.15, 0.2) is 24.3 Å². The number of rotatable bonds is 5. The molecule has 6 heteroatoms. The summed E-state index contributed by atoms with van der Waals surface area (Å²) in [7, 11) is 1.25. The molecule has 1 rings (SSSR count). The Bertz CT molecular complexity index is 448. The number of aliphatic carboxylic acids is 2. The molecule has 0 saturated carbocycles. The molecule has 6 nitrogen and oxygen atoms in total. The minimum atomic E-state index is -1.49. The van der Waals surface area contributed by atoms with Crippen molar-refractivity contribution in [1.29, 1.82) is 0 Å². The Hall–Kier alpha value is -2.37.